The van der Waals surface area contributed by atoms with E-state index in [0.29, 0.717) is 0 Å². The molecule has 1 heterocycles. The van der Waals surface area contributed by atoms with Gasteiger partial charge in [0, 0.05) is 6.04 Å². The zero-order chi connectivity index (χ0) is 10.8. The summed E-state index contributed by atoms with van der Waals surface area (Å²) in [5, 5.41) is 6.63. The van der Waals surface area contributed by atoms with Gasteiger partial charge in [0.1, 0.15) is 0 Å². The van der Waals surface area contributed by atoms with Gasteiger partial charge in [0.25, 0.3) is 0 Å². The minimum absolute atomic E-state index is 0.786. The van der Waals surface area contributed by atoms with Crippen molar-refractivity contribution in [3.63, 3.8) is 0 Å². The van der Waals surface area contributed by atoms with Gasteiger partial charge in [0.2, 0.25) is 0 Å². The molecule has 0 aromatic rings. The predicted molar refractivity (Wildman–Crippen MR) is 64.7 cm³/mol. The van der Waals surface area contributed by atoms with Crippen molar-refractivity contribution in [2.24, 2.45) is 5.92 Å². The normalized spacial score (nSPS) is 21.6. The summed E-state index contributed by atoms with van der Waals surface area (Å²) >= 11 is 0. The lowest BCUT2D eigenvalue weighted by Crippen LogP contribution is -2.30. The molecule has 1 atom stereocenters. The summed E-state index contributed by atoms with van der Waals surface area (Å²) in [6.45, 7) is 12.3. The second-order valence-electron chi connectivity index (χ2n) is 4.55. The molecule has 1 unspecified atom stereocenters. The third-order valence-electron chi connectivity index (χ3n) is 2.36. The van der Waals surface area contributed by atoms with Crippen LogP contribution in [0.4, 0.5) is 0 Å². The third kappa shape index (κ3) is 10.0. The Morgan fingerprint density at radius 1 is 1.36 bits per heavy atom. The molecule has 1 fully saturated rings. The highest BCUT2D eigenvalue weighted by Crippen LogP contribution is 2.04. The largest absolute Gasteiger partial charge is 0.317 e. The van der Waals surface area contributed by atoms with Crippen molar-refractivity contribution in [2.75, 3.05) is 19.6 Å². The third-order valence-corrected chi connectivity index (χ3v) is 2.36. The number of nitrogens with one attached hydrogen (secondary N) is 2. The molecule has 1 saturated heterocycles. The molecular formula is C12H28N2. The Balaban J connectivity index is 0.000000241. The lowest BCUT2D eigenvalue weighted by molar-refractivity contribution is 0.425. The average molecular weight is 200 g/mol. The van der Waals surface area contributed by atoms with Crippen molar-refractivity contribution in [1.29, 1.82) is 0 Å². The average Bonchev–Trinajstić information content (AvgIpc) is 2.17. The molecule has 0 bridgehead atoms. The number of rotatable bonds is 3. The Kier molecular flexibility index (Phi) is 9.42. The lowest BCUT2D eigenvalue weighted by atomic mass is 10.1. The molecule has 2 N–H and O–H groups in total. The molecule has 0 spiro atoms. The lowest BCUT2D eigenvalue weighted by Gasteiger charge is -2.18. The van der Waals surface area contributed by atoms with Crippen molar-refractivity contribution >= 4 is 0 Å². The first-order valence-corrected chi connectivity index (χ1v) is 6.10. The first-order chi connectivity index (χ1) is 6.66. The molecule has 0 aromatic heterocycles. The van der Waals surface area contributed by atoms with E-state index in [4.69, 9.17) is 0 Å². The summed E-state index contributed by atoms with van der Waals surface area (Å²) in [5.41, 5.74) is 0. The van der Waals surface area contributed by atoms with Crippen molar-refractivity contribution in [1.82, 2.24) is 10.6 Å². The van der Waals surface area contributed by atoms with Crippen LogP contribution >= 0.6 is 0 Å². The molecule has 1 aliphatic heterocycles. The van der Waals surface area contributed by atoms with Gasteiger partial charge in [-0.15, -0.1) is 0 Å². The molecule has 0 aromatic carbocycles. The standard InChI is InChI=1S/C6H13N.C6H15N/c1-6-4-2-3-5-7-6;1-4-7-5-6(2)3/h6-7H,2-5H2,1H3;6-7H,4-5H2,1-3H3. The van der Waals surface area contributed by atoms with Gasteiger partial charge >= 0.3 is 0 Å². The van der Waals surface area contributed by atoms with Gasteiger partial charge in [-0.3, -0.25) is 0 Å². The molecule has 0 aliphatic carbocycles. The SMILES string of the molecule is CC1CCCCN1.CCNCC(C)C. The highest BCUT2D eigenvalue weighted by molar-refractivity contribution is 4.65. The maximum absolute atomic E-state index is 3.38. The van der Waals surface area contributed by atoms with E-state index in [0.717, 1.165) is 25.0 Å². The van der Waals surface area contributed by atoms with Crippen LogP contribution in [0.25, 0.3) is 0 Å². The summed E-state index contributed by atoms with van der Waals surface area (Å²) in [6, 6.07) is 0.786. The van der Waals surface area contributed by atoms with Gasteiger partial charge < -0.3 is 10.6 Å². The number of hydrogen-bond donors (Lipinski definition) is 2. The smallest absolute Gasteiger partial charge is 0.00387 e. The van der Waals surface area contributed by atoms with Crippen molar-refractivity contribution in [2.45, 2.75) is 53.0 Å². The summed E-state index contributed by atoms with van der Waals surface area (Å²) in [4.78, 5) is 0. The second kappa shape index (κ2) is 9.47. The highest BCUT2D eigenvalue weighted by atomic mass is 14.9. The molecule has 0 saturated carbocycles. The molecular weight excluding hydrogens is 172 g/mol. The first-order valence-electron chi connectivity index (χ1n) is 6.10. The van der Waals surface area contributed by atoms with Crippen LogP contribution in [0.1, 0.15) is 47.0 Å². The van der Waals surface area contributed by atoms with Crippen LogP contribution in [-0.2, 0) is 0 Å². The minimum Gasteiger partial charge on any atom is -0.317 e. The van der Waals surface area contributed by atoms with Crippen LogP contribution in [-0.4, -0.2) is 25.7 Å². The Morgan fingerprint density at radius 2 is 2.07 bits per heavy atom. The zero-order valence-electron chi connectivity index (χ0n) is 10.4. The molecule has 14 heavy (non-hydrogen) atoms. The Hall–Kier alpha value is -0.0800. The topological polar surface area (TPSA) is 24.1 Å². The maximum Gasteiger partial charge on any atom is 0.00387 e. The number of piperidine rings is 1. The van der Waals surface area contributed by atoms with Crippen molar-refractivity contribution in [3.8, 4) is 0 Å². The van der Waals surface area contributed by atoms with Crippen LogP contribution < -0.4 is 10.6 Å². The van der Waals surface area contributed by atoms with Gasteiger partial charge in [-0.2, -0.15) is 0 Å². The molecule has 86 valence electrons. The molecule has 0 amide bonds. The minimum atomic E-state index is 0.786. The quantitative estimate of drug-likeness (QED) is 0.731. The molecule has 2 heteroatoms. The van der Waals surface area contributed by atoms with Crippen LogP contribution in [0.5, 0.6) is 0 Å². The van der Waals surface area contributed by atoms with Gasteiger partial charge in [-0.1, -0.05) is 27.2 Å². The summed E-state index contributed by atoms with van der Waals surface area (Å²) in [6.07, 6.45) is 4.18. The fourth-order valence-electron chi connectivity index (χ4n) is 1.46. The summed E-state index contributed by atoms with van der Waals surface area (Å²) in [5.74, 6) is 0.792. The highest BCUT2D eigenvalue weighted by Gasteiger charge is 2.04. The van der Waals surface area contributed by atoms with Gasteiger partial charge in [-0.05, 0) is 45.3 Å². The van der Waals surface area contributed by atoms with Gasteiger partial charge in [0.05, 0.1) is 0 Å². The van der Waals surface area contributed by atoms with E-state index in [1.54, 1.807) is 0 Å². The predicted octanol–water partition coefficient (Wildman–Crippen LogP) is 2.40. The van der Waals surface area contributed by atoms with Gasteiger partial charge in [0.15, 0.2) is 0 Å². The van der Waals surface area contributed by atoms with E-state index in [2.05, 4.69) is 38.3 Å². The van der Waals surface area contributed by atoms with E-state index in [1.165, 1.54) is 25.8 Å². The van der Waals surface area contributed by atoms with E-state index >= 15 is 0 Å². The summed E-state index contributed by atoms with van der Waals surface area (Å²) < 4.78 is 0. The Labute approximate surface area is 89.9 Å². The monoisotopic (exact) mass is 200 g/mol. The Bertz CT molecular complexity index is 107. The maximum atomic E-state index is 3.38. The fraction of sp³-hybridized carbons (Fsp3) is 1.00. The van der Waals surface area contributed by atoms with E-state index in [1.807, 2.05) is 0 Å². The van der Waals surface area contributed by atoms with Crippen LogP contribution in [0.15, 0.2) is 0 Å². The van der Waals surface area contributed by atoms with Crippen LogP contribution in [0, 0.1) is 5.92 Å². The Morgan fingerprint density at radius 3 is 2.29 bits per heavy atom. The molecule has 1 rings (SSSR count). The molecule has 0 radical (unpaired) electrons. The first kappa shape index (κ1) is 13.9. The van der Waals surface area contributed by atoms with Crippen molar-refractivity contribution < 1.29 is 0 Å². The summed E-state index contributed by atoms with van der Waals surface area (Å²) in [7, 11) is 0. The van der Waals surface area contributed by atoms with E-state index in [9.17, 15) is 0 Å². The molecule has 2 nitrogen and oxygen atoms in total. The fourth-order valence-corrected chi connectivity index (χ4v) is 1.46. The number of hydrogen-bond acceptors (Lipinski definition) is 2. The van der Waals surface area contributed by atoms with E-state index in [-0.39, 0.29) is 0 Å². The van der Waals surface area contributed by atoms with Crippen LogP contribution in [0.3, 0.4) is 0 Å². The molecule has 1 aliphatic rings. The van der Waals surface area contributed by atoms with E-state index < -0.39 is 0 Å². The zero-order valence-corrected chi connectivity index (χ0v) is 10.4. The second-order valence-corrected chi connectivity index (χ2v) is 4.55. The van der Waals surface area contributed by atoms with Crippen LogP contribution in [0.2, 0.25) is 0 Å². The van der Waals surface area contributed by atoms with Gasteiger partial charge in [-0.25, -0.2) is 0 Å². The van der Waals surface area contributed by atoms with Crippen molar-refractivity contribution in [3.05, 3.63) is 0 Å².